The molecule has 0 aliphatic rings. The molecule has 0 saturated carbocycles. The molecule has 0 aliphatic heterocycles. The Morgan fingerprint density at radius 3 is 2.78 bits per heavy atom. The molecule has 0 atom stereocenters. The van der Waals surface area contributed by atoms with Gasteiger partial charge in [-0.1, -0.05) is 6.92 Å². The van der Waals surface area contributed by atoms with Crippen molar-refractivity contribution in [2.75, 3.05) is 25.1 Å². The van der Waals surface area contributed by atoms with E-state index in [0.29, 0.717) is 13.0 Å². The number of hydrogen-bond donors (Lipinski definition) is 1. The van der Waals surface area contributed by atoms with Crippen LogP contribution in [0, 0.1) is 0 Å². The predicted octanol–water partition coefficient (Wildman–Crippen LogP) is 2.36. The first-order valence-corrected chi connectivity index (χ1v) is 5.83. The zero-order valence-corrected chi connectivity index (χ0v) is 10.5. The third kappa shape index (κ3) is 5.39. The average Bonchev–Trinajstić information content (AvgIpc) is 2.62. The summed E-state index contributed by atoms with van der Waals surface area (Å²) < 4.78 is 41.6. The fourth-order valence-corrected chi connectivity index (χ4v) is 1.53. The van der Waals surface area contributed by atoms with Crippen LogP contribution in [0.1, 0.15) is 19.0 Å². The van der Waals surface area contributed by atoms with E-state index < -0.39 is 12.8 Å². The van der Waals surface area contributed by atoms with E-state index in [-0.39, 0.29) is 6.61 Å². The summed E-state index contributed by atoms with van der Waals surface area (Å²) in [5.74, 6) is 0. The fourth-order valence-electron chi connectivity index (χ4n) is 1.53. The van der Waals surface area contributed by atoms with E-state index in [2.05, 4.69) is 15.2 Å². The first kappa shape index (κ1) is 14.8. The normalized spacial score (nSPS) is 11.8. The summed E-state index contributed by atoms with van der Waals surface area (Å²) in [6.07, 6.45) is -1.05. The summed E-state index contributed by atoms with van der Waals surface area (Å²) in [5, 5.41) is 7.39. The first-order valence-electron chi connectivity index (χ1n) is 5.83. The smallest absolute Gasteiger partial charge is 0.382 e. The minimum Gasteiger partial charge on any atom is -0.382 e. The second-order valence-corrected chi connectivity index (χ2v) is 3.96. The lowest BCUT2D eigenvalue weighted by Crippen LogP contribution is -2.18. The van der Waals surface area contributed by atoms with Crippen molar-refractivity contribution in [3.8, 4) is 0 Å². The molecule has 0 amide bonds. The average molecular weight is 265 g/mol. The monoisotopic (exact) mass is 265 g/mol. The SMILES string of the molecule is CCc1nn(C)cc1NCCCOCC(F)(F)F. The van der Waals surface area contributed by atoms with E-state index in [0.717, 1.165) is 17.8 Å². The molecule has 0 spiro atoms. The van der Waals surface area contributed by atoms with E-state index >= 15 is 0 Å². The molecule has 7 heteroatoms. The van der Waals surface area contributed by atoms with E-state index in [1.807, 2.05) is 20.2 Å². The number of aryl methyl sites for hydroxylation is 2. The Morgan fingerprint density at radius 2 is 2.17 bits per heavy atom. The van der Waals surface area contributed by atoms with Crippen molar-refractivity contribution in [3.05, 3.63) is 11.9 Å². The molecule has 0 radical (unpaired) electrons. The minimum absolute atomic E-state index is 0.0915. The number of nitrogens with one attached hydrogen (secondary N) is 1. The second kappa shape index (κ2) is 6.63. The third-order valence-electron chi connectivity index (χ3n) is 2.29. The molecule has 4 nitrogen and oxygen atoms in total. The number of halogens is 3. The second-order valence-electron chi connectivity index (χ2n) is 3.96. The Hall–Kier alpha value is -1.24. The summed E-state index contributed by atoms with van der Waals surface area (Å²) in [5.41, 5.74) is 1.88. The summed E-state index contributed by atoms with van der Waals surface area (Å²) in [4.78, 5) is 0. The van der Waals surface area contributed by atoms with Gasteiger partial charge in [0.2, 0.25) is 0 Å². The quantitative estimate of drug-likeness (QED) is 0.769. The van der Waals surface area contributed by atoms with Crippen molar-refractivity contribution in [1.29, 1.82) is 0 Å². The topological polar surface area (TPSA) is 39.1 Å². The van der Waals surface area contributed by atoms with Crippen molar-refractivity contribution in [2.24, 2.45) is 7.05 Å². The van der Waals surface area contributed by atoms with Crippen LogP contribution in [-0.2, 0) is 18.2 Å². The van der Waals surface area contributed by atoms with Crippen molar-refractivity contribution >= 4 is 5.69 Å². The lowest BCUT2D eigenvalue weighted by molar-refractivity contribution is -0.173. The Morgan fingerprint density at radius 1 is 1.44 bits per heavy atom. The highest BCUT2D eigenvalue weighted by Crippen LogP contribution is 2.15. The summed E-state index contributed by atoms with van der Waals surface area (Å²) in [7, 11) is 1.83. The van der Waals surface area contributed by atoms with Gasteiger partial charge in [-0.05, 0) is 12.8 Å². The maximum Gasteiger partial charge on any atom is 0.411 e. The van der Waals surface area contributed by atoms with Gasteiger partial charge < -0.3 is 10.1 Å². The highest BCUT2D eigenvalue weighted by atomic mass is 19.4. The molecule has 0 saturated heterocycles. The van der Waals surface area contributed by atoms with E-state index in [1.165, 1.54) is 0 Å². The van der Waals surface area contributed by atoms with Crippen molar-refractivity contribution in [1.82, 2.24) is 9.78 Å². The van der Waals surface area contributed by atoms with Gasteiger partial charge in [-0.25, -0.2) is 0 Å². The molecule has 1 aromatic rings. The molecular weight excluding hydrogens is 247 g/mol. The number of rotatable bonds is 7. The maximum absolute atomic E-state index is 11.8. The molecule has 0 aromatic carbocycles. The standard InChI is InChI=1S/C11H18F3N3O/c1-3-9-10(7-17(2)16-9)15-5-4-6-18-8-11(12,13)14/h7,15H,3-6,8H2,1-2H3. The Bertz CT molecular complexity index is 363. The van der Waals surface area contributed by atoms with Gasteiger partial charge >= 0.3 is 6.18 Å². The van der Waals surface area contributed by atoms with Gasteiger partial charge in [-0.15, -0.1) is 0 Å². The van der Waals surface area contributed by atoms with Gasteiger partial charge in [-0.3, -0.25) is 4.68 Å². The zero-order chi connectivity index (χ0) is 13.6. The molecular formula is C11H18F3N3O. The summed E-state index contributed by atoms with van der Waals surface area (Å²) >= 11 is 0. The lowest BCUT2D eigenvalue weighted by atomic mass is 10.3. The van der Waals surface area contributed by atoms with Crippen LogP contribution in [0.5, 0.6) is 0 Å². The predicted molar refractivity (Wildman–Crippen MR) is 62.6 cm³/mol. The van der Waals surface area contributed by atoms with Crippen LogP contribution in [0.4, 0.5) is 18.9 Å². The molecule has 1 N–H and O–H groups in total. The van der Waals surface area contributed by atoms with Crippen LogP contribution in [0.2, 0.25) is 0 Å². The van der Waals surface area contributed by atoms with Crippen LogP contribution in [-0.4, -0.2) is 35.7 Å². The number of anilines is 1. The molecule has 0 aliphatic carbocycles. The van der Waals surface area contributed by atoms with Crippen LogP contribution < -0.4 is 5.32 Å². The van der Waals surface area contributed by atoms with Crippen molar-refractivity contribution < 1.29 is 17.9 Å². The van der Waals surface area contributed by atoms with Crippen LogP contribution in [0.25, 0.3) is 0 Å². The van der Waals surface area contributed by atoms with Gasteiger partial charge in [0.05, 0.1) is 11.4 Å². The highest BCUT2D eigenvalue weighted by molar-refractivity contribution is 5.46. The van der Waals surface area contributed by atoms with Gasteiger partial charge in [0.25, 0.3) is 0 Å². The minimum atomic E-state index is -4.24. The number of ether oxygens (including phenoxy) is 1. The molecule has 0 fully saturated rings. The van der Waals surface area contributed by atoms with E-state index in [1.54, 1.807) is 4.68 Å². The molecule has 18 heavy (non-hydrogen) atoms. The zero-order valence-electron chi connectivity index (χ0n) is 10.5. The lowest BCUT2D eigenvalue weighted by Gasteiger charge is -2.08. The molecule has 1 aromatic heterocycles. The Labute approximate surface area is 104 Å². The van der Waals surface area contributed by atoms with Crippen molar-refractivity contribution in [2.45, 2.75) is 25.9 Å². The van der Waals surface area contributed by atoms with Crippen LogP contribution in [0.3, 0.4) is 0 Å². The van der Waals surface area contributed by atoms with E-state index in [9.17, 15) is 13.2 Å². The Kier molecular flexibility index (Phi) is 5.46. The first-order chi connectivity index (χ1) is 8.42. The largest absolute Gasteiger partial charge is 0.411 e. The Balaban J connectivity index is 2.18. The highest BCUT2D eigenvalue weighted by Gasteiger charge is 2.27. The number of hydrogen-bond acceptors (Lipinski definition) is 3. The molecule has 0 unspecified atom stereocenters. The van der Waals surface area contributed by atoms with E-state index in [4.69, 9.17) is 0 Å². The fraction of sp³-hybridized carbons (Fsp3) is 0.727. The van der Waals surface area contributed by atoms with Gasteiger partial charge in [-0.2, -0.15) is 18.3 Å². The van der Waals surface area contributed by atoms with Gasteiger partial charge in [0, 0.05) is 26.4 Å². The molecule has 1 heterocycles. The summed E-state index contributed by atoms with van der Waals surface area (Å²) in [6, 6.07) is 0. The van der Waals surface area contributed by atoms with Crippen molar-refractivity contribution in [3.63, 3.8) is 0 Å². The van der Waals surface area contributed by atoms with Crippen LogP contribution >= 0.6 is 0 Å². The van der Waals surface area contributed by atoms with Gasteiger partial charge in [0.1, 0.15) is 6.61 Å². The molecule has 0 bridgehead atoms. The van der Waals surface area contributed by atoms with Gasteiger partial charge in [0.15, 0.2) is 0 Å². The maximum atomic E-state index is 11.8. The summed E-state index contributed by atoms with van der Waals surface area (Å²) in [6.45, 7) is 1.48. The number of alkyl halides is 3. The van der Waals surface area contributed by atoms with Crippen LogP contribution in [0.15, 0.2) is 6.20 Å². The number of nitrogens with zero attached hydrogens (tertiary/aromatic N) is 2. The molecule has 1 rings (SSSR count). The molecule has 104 valence electrons. The third-order valence-corrected chi connectivity index (χ3v) is 2.29. The number of aromatic nitrogens is 2.